The average molecular weight is 169 g/mol. The summed E-state index contributed by atoms with van der Waals surface area (Å²) in [5, 5.41) is 3.69. The van der Waals surface area contributed by atoms with E-state index in [1.165, 1.54) is 11.3 Å². The number of aromatic amines is 1. The molecule has 0 saturated carbocycles. The van der Waals surface area contributed by atoms with Crippen molar-refractivity contribution in [1.82, 2.24) is 5.16 Å². The van der Waals surface area contributed by atoms with Crippen molar-refractivity contribution in [3.05, 3.63) is 32.0 Å². The summed E-state index contributed by atoms with van der Waals surface area (Å²) in [4.78, 5) is 21.7. The van der Waals surface area contributed by atoms with Gasteiger partial charge in [-0.2, -0.15) is 5.16 Å². The molecule has 0 aliphatic heterocycles. The van der Waals surface area contributed by atoms with Crippen LogP contribution in [-0.4, -0.2) is 5.16 Å². The van der Waals surface area contributed by atoms with Crippen LogP contribution in [0.3, 0.4) is 0 Å². The van der Waals surface area contributed by atoms with Gasteiger partial charge in [-0.25, -0.2) is 0 Å². The smallest absolute Gasteiger partial charge is 0.325 e. The van der Waals surface area contributed by atoms with Crippen molar-refractivity contribution in [2.75, 3.05) is 0 Å². The molecule has 4 nitrogen and oxygen atoms in total. The highest BCUT2D eigenvalue weighted by molar-refractivity contribution is 7.17. The molecule has 0 fully saturated rings. The van der Waals surface area contributed by atoms with E-state index in [0.29, 0.717) is 10.3 Å². The molecular formula is C6H3NO3S. The van der Waals surface area contributed by atoms with Crippen molar-refractivity contribution in [2.24, 2.45) is 0 Å². The maximum atomic E-state index is 11.0. The van der Waals surface area contributed by atoms with Gasteiger partial charge < -0.3 is 4.52 Å². The van der Waals surface area contributed by atoms with E-state index >= 15 is 0 Å². The van der Waals surface area contributed by atoms with Crippen LogP contribution in [0.5, 0.6) is 0 Å². The van der Waals surface area contributed by atoms with Crippen molar-refractivity contribution < 1.29 is 4.52 Å². The summed E-state index contributed by atoms with van der Waals surface area (Å²) in [6.45, 7) is 0. The van der Waals surface area contributed by atoms with Gasteiger partial charge in [0, 0.05) is 0 Å². The van der Waals surface area contributed by atoms with Crippen LogP contribution in [-0.2, 0) is 0 Å². The zero-order chi connectivity index (χ0) is 7.84. The Hall–Kier alpha value is -1.36. The monoisotopic (exact) mass is 169 g/mol. The molecule has 2 aromatic rings. The minimum atomic E-state index is -0.708. The molecule has 0 bridgehead atoms. The first kappa shape index (κ1) is 6.36. The van der Waals surface area contributed by atoms with Crippen molar-refractivity contribution >= 4 is 21.6 Å². The lowest BCUT2D eigenvalue weighted by molar-refractivity contribution is 0.431. The second-order valence-electron chi connectivity index (χ2n) is 1.98. The van der Waals surface area contributed by atoms with Gasteiger partial charge in [0.1, 0.15) is 4.70 Å². The van der Waals surface area contributed by atoms with Crippen molar-refractivity contribution in [3.63, 3.8) is 0 Å². The first-order valence-electron chi connectivity index (χ1n) is 2.88. The van der Waals surface area contributed by atoms with E-state index in [1.807, 2.05) is 5.16 Å². The van der Waals surface area contributed by atoms with Crippen LogP contribution in [0.2, 0.25) is 0 Å². The van der Waals surface area contributed by atoms with Crippen LogP contribution >= 0.6 is 11.3 Å². The Morgan fingerprint density at radius 2 is 2.27 bits per heavy atom. The zero-order valence-corrected chi connectivity index (χ0v) is 6.10. The third-order valence-electron chi connectivity index (χ3n) is 1.30. The summed E-state index contributed by atoms with van der Waals surface area (Å²) in [5.41, 5.74) is -0.805. The second kappa shape index (κ2) is 2.06. The molecule has 0 amide bonds. The van der Waals surface area contributed by atoms with Gasteiger partial charge in [0.05, 0.1) is 0 Å². The maximum absolute atomic E-state index is 11.0. The Labute approximate surface area is 64.1 Å². The number of nitrogens with one attached hydrogen (secondary N) is 1. The molecule has 11 heavy (non-hydrogen) atoms. The van der Waals surface area contributed by atoms with E-state index in [0.717, 1.165) is 0 Å². The summed E-state index contributed by atoms with van der Waals surface area (Å²) < 4.78 is 5.11. The molecule has 0 aromatic carbocycles. The molecule has 0 unspecified atom stereocenters. The van der Waals surface area contributed by atoms with Crippen molar-refractivity contribution in [2.45, 2.75) is 0 Å². The van der Waals surface area contributed by atoms with Gasteiger partial charge in [0.25, 0.3) is 5.43 Å². The molecular weight excluding hydrogens is 166 g/mol. The average Bonchev–Trinajstić information content (AvgIpc) is 2.45. The van der Waals surface area contributed by atoms with Gasteiger partial charge in [-0.05, 0) is 11.4 Å². The number of rotatable bonds is 0. The van der Waals surface area contributed by atoms with Crippen LogP contribution in [0.15, 0.2) is 25.6 Å². The van der Waals surface area contributed by atoms with Crippen LogP contribution in [0.1, 0.15) is 0 Å². The number of fused-ring (bicyclic) bond motifs is 1. The van der Waals surface area contributed by atoms with Crippen molar-refractivity contribution in [3.8, 4) is 0 Å². The summed E-state index contributed by atoms with van der Waals surface area (Å²) in [5.74, 6) is 0. The van der Waals surface area contributed by atoms with Crippen LogP contribution in [0.4, 0.5) is 0 Å². The lowest BCUT2D eigenvalue weighted by Gasteiger charge is -1.82. The van der Waals surface area contributed by atoms with E-state index in [4.69, 9.17) is 4.52 Å². The Balaban J connectivity index is 3.17. The predicted octanol–water partition coefficient (Wildman–Crippen LogP) is 0.543. The number of H-pyrrole nitrogens is 1. The summed E-state index contributed by atoms with van der Waals surface area (Å²) in [7, 11) is 0. The first-order valence-corrected chi connectivity index (χ1v) is 3.76. The Bertz CT molecular complexity index is 492. The second-order valence-corrected chi connectivity index (χ2v) is 2.89. The van der Waals surface area contributed by atoms with Crippen LogP contribution in [0.25, 0.3) is 10.3 Å². The molecule has 5 heteroatoms. The number of hydrogen-bond donors (Lipinski definition) is 1. The summed E-state index contributed by atoms with van der Waals surface area (Å²) in [6, 6.07) is 1.64. The standard InChI is InChI=1S/C6H3NO3S/c8-4-5-3(1-2-11-5)10-7-6(4)9/h1-2H,(H,7,9). The Morgan fingerprint density at radius 1 is 1.45 bits per heavy atom. The van der Waals surface area contributed by atoms with E-state index in [2.05, 4.69) is 0 Å². The van der Waals surface area contributed by atoms with E-state index in [-0.39, 0.29) is 0 Å². The lowest BCUT2D eigenvalue weighted by atomic mass is 10.5. The molecule has 2 aromatic heterocycles. The SMILES string of the molecule is O=c1[nH]oc2ccsc2c1=O. The topological polar surface area (TPSA) is 63.1 Å². The lowest BCUT2D eigenvalue weighted by Crippen LogP contribution is -2.24. The highest BCUT2D eigenvalue weighted by atomic mass is 32.1. The third kappa shape index (κ3) is 0.813. The first-order chi connectivity index (χ1) is 5.29. The number of aromatic nitrogens is 1. The zero-order valence-electron chi connectivity index (χ0n) is 5.29. The predicted molar refractivity (Wildman–Crippen MR) is 41.0 cm³/mol. The van der Waals surface area contributed by atoms with Crippen molar-refractivity contribution in [1.29, 1.82) is 0 Å². The van der Waals surface area contributed by atoms with Gasteiger partial charge in [-0.1, -0.05) is 0 Å². The molecule has 0 aliphatic carbocycles. The molecule has 0 spiro atoms. The van der Waals surface area contributed by atoms with E-state index in [1.54, 1.807) is 11.4 Å². The molecule has 56 valence electrons. The quantitative estimate of drug-likeness (QED) is 0.585. The van der Waals surface area contributed by atoms with Gasteiger partial charge >= 0.3 is 5.56 Å². The molecule has 0 aliphatic rings. The number of hydrogen-bond acceptors (Lipinski definition) is 4. The van der Waals surface area contributed by atoms with E-state index in [9.17, 15) is 9.59 Å². The number of thiophene rings is 1. The molecule has 0 saturated heterocycles. The highest BCUT2D eigenvalue weighted by Crippen LogP contribution is 2.13. The van der Waals surface area contributed by atoms with Gasteiger partial charge in [0.2, 0.25) is 0 Å². The van der Waals surface area contributed by atoms with E-state index < -0.39 is 11.0 Å². The van der Waals surface area contributed by atoms with Crippen LogP contribution in [0, 0.1) is 0 Å². The molecule has 1 N–H and O–H groups in total. The maximum Gasteiger partial charge on any atom is 0.325 e. The Morgan fingerprint density at radius 3 is 3.09 bits per heavy atom. The largest absolute Gasteiger partial charge is 0.377 e. The molecule has 2 rings (SSSR count). The summed E-state index contributed by atoms with van der Waals surface area (Å²) >= 11 is 1.20. The molecule has 0 radical (unpaired) electrons. The summed E-state index contributed by atoms with van der Waals surface area (Å²) in [6.07, 6.45) is 0. The highest BCUT2D eigenvalue weighted by Gasteiger charge is 2.03. The fourth-order valence-corrected chi connectivity index (χ4v) is 1.55. The molecule has 2 heterocycles. The van der Waals surface area contributed by atoms with Gasteiger partial charge in [-0.15, -0.1) is 11.3 Å². The van der Waals surface area contributed by atoms with Gasteiger partial charge in [0.15, 0.2) is 5.58 Å². The minimum Gasteiger partial charge on any atom is -0.377 e. The van der Waals surface area contributed by atoms with Crippen LogP contribution < -0.4 is 11.0 Å². The Kier molecular flexibility index (Phi) is 1.19. The molecule has 0 atom stereocenters. The fourth-order valence-electron chi connectivity index (χ4n) is 0.794. The third-order valence-corrected chi connectivity index (χ3v) is 2.19. The van der Waals surface area contributed by atoms with Gasteiger partial charge in [-0.3, -0.25) is 9.59 Å². The fraction of sp³-hybridized carbons (Fsp3) is 0. The normalized spacial score (nSPS) is 10.5. The minimum absolute atomic E-state index is 0.369.